The molecule has 1 aliphatic carbocycles. The lowest BCUT2D eigenvalue weighted by atomic mass is 9.80. The van der Waals surface area contributed by atoms with Gasteiger partial charge in [-0.15, -0.1) is 0 Å². The second-order valence-corrected chi connectivity index (χ2v) is 5.37. The summed E-state index contributed by atoms with van der Waals surface area (Å²) in [6.07, 6.45) is 6.41. The molecule has 0 saturated heterocycles. The van der Waals surface area contributed by atoms with E-state index in [2.05, 4.69) is 4.90 Å². The average molecular weight is 272 g/mol. The zero-order valence-electron chi connectivity index (χ0n) is 12.8. The molecule has 0 aromatic rings. The van der Waals surface area contributed by atoms with Crippen molar-refractivity contribution in [1.29, 1.82) is 0 Å². The van der Waals surface area contributed by atoms with Gasteiger partial charge >= 0.3 is 0 Å². The monoisotopic (exact) mass is 272 g/mol. The van der Waals surface area contributed by atoms with E-state index in [1.807, 2.05) is 13.8 Å². The van der Waals surface area contributed by atoms with Crippen molar-refractivity contribution < 1.29 is 9.47 Å². The highest BCUT2D eigenvalue weighted by Crippen LogP contribution is 2.32. The van der Waals surface area contributed by atoms with Crippen molar-refractivity contribution in [2.24, 2.45) is 5.73 Å². The number of hydrogen-bond acceptors (Lipinski definition) is 4. The predicted molar refractivity (Wildman–Crippen MR) is 79.4 cm³/mol. The molecule has 0 atom stereocenters. The van der Waals surface area contributed by atoms with E-state index in [4.69, 9.17) is 15.2 Å². The molecular formula is C15H32N2O2. The number of rotatable bonds is 10. The summed E-state index contributed by atoms with van der Waals surface area (Å²) in [5.74, 6) is 0. The maximum absolute atomic E-state index is 6.12. The smallest absolute Gasteiger partial charge is 0.0593 e. The third kappa shape index (κ3) is 5.38. The fourth-order valence-corrected chi connectivity index (χ4v) is 3.08. The fourth-order valence-electron chi connectivity index (χ4n) is 3.08. The average Bonchev–Trinajstić information content (AvgIpc) is 2.46. The first-order valence-electron chi connectivity index (χ1n) is 7.89. The molecule has 1 aliphatic rings. The van der Waals surface area contributed by atoms with E-state index in [1.165, 1.54) is 32.1 Å². The van der Waals surface area contributed by atoms with Gasteiger partial charge in [0.2, 0.25) is 0 Å². The van der Waals surface area contributed by atoms with Gasteiger partial charge in [-0.1, -0.05) is 19.3 Å². The summed E-state index contributed by atoms with van der Waals surface area (Å²) < 4.78 is 11.1. The van der Waals surface area contributed by atoms with E-state index in [-0.39, 0.29) is 5.54 Å². The molecule has 0 unspecified atom stereocenters. The van der Waals surface area contributed by atoms with Crippen molar-refractivity contribution in [3.63, 3.8) is 0 Å². The molecule has 0 radical (unpaired) electrons. The van der Waals surface area contributed by atoms with Gasteiger partial charge in [0.05, 0.1) is 13.2 Å². The normalized spacial score (nSPS) is 18.9. The summed E-state index contributed by atoms with van der Waals surface area (Å²) >= 11 is 0. The Morgan fingerprint density at radius 3 is 1.89 bits per heavy atom. The lowest BCUT2D eigenvalue weighted by Crippen LogP contribution is -2.56. The van der Waals surface area contributed by atoms with E-state index in [0.29, 0.717) is 0 Å². The molecule has 0 spiro atoms. The Bertz CT molecular complexity index is 208. The van der Waals surface area contributed by atoms with Crippen LogP contribution in [0.25, 0.3) is 0 Å². The molecule has 19 heavy (non-hydrogen) atoms. The van der Waals surface area contributed by atoms with Crippen LogP contribution in [-0.4, -0.2) is 56.5 Å². The van der Waals surface area contributed by atoms with E-state index in [1.54, 1.807) is 0 Å². The van der Waals surface area contributed by atoms with Gasteiger partial charge in [-0.3, -0.25) is 4.90 Å². The standard InChI is InChI=1S/C15H32N2O2/c1-3-18-12-10-17(11-13-19-4-2)15(14-16)8-6-5-7-9-15/h3-14,16H2,1-2H3. The first kappa shape index (κ1) is 16.9. The summed E-state index contributed by atoms with van der Waals surface area (Å²) in [4.78, 5) is 2.53. The summed E-state index contributed by atoms with van der Waals surface area (Å²) in [7, 11) is 0. The molecule has 114 valence electrons. The maximum Gasteiger partial charge on any atom is 0.0593 e. The Morgan fingerprint density at radius 2 is 1.47 bits per heavy atom. The van der Waals surface area contributed by atoms with Crippen molar-refractivity contribution in [2.75, 3.05) is 46.1 Å². The van der Waals surface area contributed by atoms with Crippen molar-refractivity contribution >= 4 is 0 Å². The van der Waals surface area contributed by atoms with E-state index in [9.17, 15) is 0 Å². The summed E-state index contributed by atoms with van der Waals surface area (Å²) in [5.41, 5.74) is 6.31. The lowest BCUT2D eigenvalue weighted by molar-refractivity contribution is 0.00449. The van der Waals surface area contributed by atoms with Crippen LogP contribution in [0, 0.1) is 0 Å². The topological polar surface area (TPSA) is 47.7 Å². The van der Waals surface area contributed by atoms with Crippen LogP contribution >= 0.6 is 0 Å². The zero-order valence-corrected chi connectivity index (χ0v) is 12.8. The van der Waals surface area contributed by atoms with Crippen molar-refractivity contribution in [2.45, 2.75) is 51.5 Å². The minimum atomic E-state index is 0.187. The van der Waals surface area contributed by atoms with Gasteiger partial charge < -0.3 is 15.2 Å². The molecule has 0 amide bonds. The van der Waals surface area contributed by atoms with Crippen LogP contribution in [0.3, 0.4) is 0 Å². The SMILES string of the molecule is CCOCCN(CCOCC)C1(CN)CCCCC1. The molecule has 0 heterocycles. The summed E-state index contributed by atoms with van der Waals surface area (Å²) in [6, 6.07) is 0. The van der Waals surface area contributed by atoms with Crippen molar-refractivity contribution in [3.05, 3.63) is 0 Å². The van der Waals surface area contributed by atoms with Gasteiger partial charge in [-0.05, 0) is 26.7 Å². The van der Waals surface area contributed by atoms with Gasteiger partial charge in [0.1, 0.15) is 0 Å². The highest BCUT2D eigenvalue weighted by atomic mass is 16.5. The predicted octanol–water partition coefficient (Wildman–Crippen LogP) is 2.02. The molecule has 4 nitrogen and oxygen atoms in total. The third-order valence-corrected chi connectivity index (χ3v) is 4.25. The van der Waals surface area contributed by atoms with Gasteiger partial charge in [0.25, 0.3) is 0 Å². The van der Waals surface area contributed by atoms with Crippen LogP contribution in [0.4, 0.5) is 0 Å². The Labute approximate surface area is 118 Å². The first-order valence-corrected chi connectivity index (χ1v) is 7.89. The number of nitrogens with two attached hydrogens (primary N) is 1. The number of hydrogen-bond donors (Lipinski definition) is 1. The maximum atomic E-state index is 6.12. The molecule has 0 aromatic carbocycles. The molecule has 1 rings (SSSR count). The van der Waals surface area contributed by atoms with Gasteiger partial charge in [-0.2, -0.15) is 0 Å². The number of nitrogens with zero attached hydrogens (tertiary/aromatic N) is 1. The van der Waals surface area contributed by atoms with Crippen molar-refractivity contribution in [1.82, 2.24) is 4.90 Å². The Morgan fingerprint density at radius 1 is 0.947 bits per heavy atom. The minimum Gasteiger partial charge on any atom is -0.380 e. The van der Waals surface area contributed by atoms with Crippen LogP contribution in [-0.2, 0) is 9.47 Å². The largest absolute Gasteiger partial charge is 0.380 e. The summed E-state index contributed by atoms with van der Waals surface area (Å²) in [6.45, 7) is 9.95. The van der Waals surface area contributed by atoms with Crippen molar-refractivity contribution in [3.8, 4) is 0 Å². The zero-order chi connectivity index (χ0) is 14.0. The van der Waals surface area contributed by atoms with Gasteiger partial charge in [0.15, 0.2) is 0 Å². The molecular weight excluding hydrogens is 240 g/mol. The Balaban J connectivity index is 2.56. The first-order chi connectivity index (χ1) is 9.29. The third-order valence-electron chi connectivity index (χ3n) is 4.25. The molecule has 0 aromatic heterocycles. The molecule has 0 aliphatic heterocycles. The molecule has 2 N–H and O–H groups in total. The van der Waals surface area contributed by atoms with E-state index in [0.717, 1.165) is 46.1 Å². The van der Waals surface area contributed by atoms with Gasteiger partial charge in [0, 0.05) is 38.4 Å². The van der Waals surface area contributed by atoms with Crippen LogP contribution in [0.2, 0.25) is 0 Å². The second-order valence-electron chi connectivity index (χ2n) is 5.37. The van der Waals surface area contributed by atoms with E-state index >= 15 is 0 Å². The number of ether oxygens (including phenoxy) is 2. The highest BCUT2D eigenvalue weighted by Gasteiger charge is 2.36. The molecule has 1 saturated carbocycles. The Hall–Kier alpha value is -0.160. The second kappa shape index (κ2) is 9.70. The van der Waals surface area contributed by atoms with E-state index < -0.39 is 0 Å². The summed E-state index contributed by atoms with van der Waals surface area (Å²) in [5, 5.41) is 0. The van der Waals surface area contributed by atoms with Crippen LogP contribution in [0.1, 0.15) is 46.0 Å². The minimum absolute atomic E-state index is 0.187. The lowest BCUT2D eigenvalue weighted by Gasteiger charge is -2.46. The molecule has 4 heteroatoms. The fraction of sp³-hybridized carbons (Fsp3) is 1.00. The Kier molecular flexibility index (Phi) is 8.62. The molecule has 1 fully saturated rings. The highest BCUT2D eigenvalue weighted by molar-refractivity contribution is 4.94. The quantitative estimate of drug-likeness (QED) is 0.618. The van der Waals surface area contributed by atoms with Gasteiger partial charge in [-0.25, -0.2) is 0 Å². The van der Waals surface area contributed by atoms with Crippen LogP contribution < -0.4 is 5.73 Å². The van der Waals surface area contributed by atoms with Crippen LogP contribution in [0.15, 0.2) is 0 Å². The molecule has 0 bridgehead atoms. The van der Waals surface area contributed by atoms with Crippen LogP contribution in [0.5, 0.6) is 0 Å².